The first-order chi connectivity index (χ1) is 22.8. The maximum atomic E-state index is 14.1. The number of nitrogens with one attached hydrogen (secondary N) is 2. The van der Waals surface area contributed by atoms with Gasteiger partial charge in [-0.3, -0.25) is 9.59 Å². The molecule has 0 spiro atoms. The number of rotatable bonds is 9. The van der Waals surface area contributed by atoms with E-state index in [1.807, 2.05) is 66.7 Å². The monoisotopic (exact) mass is 700 g/mol. The van der Waals surface area contributed by atoms with Crippen LogP contribution >= 0.6 is 46.3 Å². The van der Waals surface area contributed by atoms with E-state index in [0.29, 0.717) is 32.8 Å². The lowest BCUT2D eigenvalue weighted by Gasteiger charge is -2.22. The molecule has 0 aliphatic heterocycles. The molecule has 0 saturated heterocycles. The van der Waals surface area contributed by atoms with Gasteiger partial charge in [0.2, 0.25) is 5.91 Å². The lowest BCUT2D eigenvalue weighted by molar-refractivity contribution is -0.115. The summed E-state index contributed by atoms with van der Waals surface area (Å²) < 4.78 is 5.19. The molecule has 6 nitrogen and oxygen atoms in total. The minimum absolute atomic E-state index is 0.249. The van der Waals surface area contributed by atoms with Crippen LogP contribution in [0.3, 0.4) is 0 Å². The maximum absolute atomic E-state index is 14.1. The lowest BCUT2D eigenvalue weighted by atomic mass is 9.83. The molecule has 6 rings (SSSR count). The second-order valence-electron chi connectivity index (χ2n) is 11.1. The molecular formula is C37H30Cl2N2O4S2. The van der Waals surface area contributed by atoms with Gasteiger partial charge in [-0.2, -0.15) is 0 Å². The van der Waals surface area contributed by atoms with E-state index in [1.54, 1.807) is 18.2 Å². The molecule has 4 aromatic carbocycles. The highest BCUT2D eigenvalue weighted by atomic mass is 35.5. The standard InChI is InChI=1S/C37H30Cl2N2O4S2/c1-45-37(44)32-29-17-15-24(22-9-4-2-5-10-22)19-31(29)47-36(32)41-35(43)33(23-11-6-3-7-12-23)46-27-14-8-13-26(21-27)40-34(42)28-18-16-25(38)20-30(28)39/h2-14,16,18,20-21,24,33H,15,17,19H2,1H3,(H,40,42)(H,41,43). The van der Waals surface area contributed by atoms with Crippen LogP contribution in [-0.4, -0.2) is 24.9 Å². The third-order valence-electron chi connectivity index (χ3n) is 8.02. The molecule has 10 heteroatoms. The predicted molar refractivity (Wildman–Crippen MR) is 191 cm³/mol. The zero-order valence-electron chi connectivity index (χ0n) is 25.3. The van der Waals surface area contributed by atoms with Crippen LogP contribution in [0.4, 0.5) is 10.7 Å². The number of thioether (sulfide) groups is 1. The summed E-state index contributed by atoms with van der Waals surface area (Å²) in [6.07, 6.45) is 2.42. The molecule has 1 aliphatic carbocycles. The van der Waals surface area contributed by atoms with Crippen molar-refractivity contribution in [1.82, 2.24) is 0 Å². The smallest absolute Gasteiger partial charge is 0.341 e. The van der Waals surface area contributed by atoms with Crippen molar-refractivity contribution >= 4 is 74.8 Å². The van der Waals surface area contributed by atoms with E-state index in [9.17, 15) is 14.4 Å². The van der Waals surface area contributed by atoms with Gasteiger partial charge in [-0.05, 0) is 78.3 Å². The number of hydrogen-bond acceptors (Lipinski definition) is 6. The van der Waals surface area contributed by atoms with Crippen molar-refractivity contribution in [2.24, 2.45) is 0 Å². The summed E-state index contributed by atoms with van der Waals surface area (Å²) >= 11 is 15.0. The highest BCUT2D eigenvalue weighted by molar-refractivity contribution is 8.00. The van der Waals surface area contributed by atoms with Crippen molar-refractivity contribution in [3.8, 4) is 0 Å². The zero-order valence-corrected chi connectivity index (χ0v) is 28.4. The molecule has 0 radical (unpaired) electrons. The fraction of sp³-hybridized carbons (Fsp3) is 0.162. The molecule has 2 amide bonds. The van der Waals surface area contributed by atoms with Crippen LogP contribution in [0.1, 0.15) is 59.9 Å². The van der Waals surface area contributed by atoms with E-state index in [2.05, 4.69) is 22.8 Å². The van der Waals surface area contributed by atoms with E-state index < -0.39 is 11.2 Å². The number of benzene rings is 4. The molecule has 0 fully saturated rings. The van der Waals surface area contributed by atoms with E-state index >= 15 is 0 Å². The van der Waals surface area contributed by atoms with Crippen LogP contribution in [0, 0.1) is 0 Å². The van der Waals surface area contributed by atoms with Crippen molar-refractivity contribution in [3.63, 3.8) is 0 Å². The summed E-state index contributed by atoms with van der Waals surface area (Å²) in [6.45, 7) is 0. The van der Waals surface area contributed by atoms with Gasteiger partial charge < -0.3 is 15.4 Å². The average Bonchev–Trinajstić information content (AvgIpc) is 3.44. The summed E-state index contributed by atoms with van der Waals surface area (Å²) in [5, 5.41) is 6.51. The van der Waals surface area contributed by atoms with Crippen molar-refractivity contribution in [3.05, 3.63) is 146 Å². The highest BCUT2D eigenvalue weighted by Gasteiger charge is 2.32. The molecule has 0 bridgehead atoms. The second-order valence-corrected chi connectivity index (χ2v) is 14.2. The molecule has 1 heterocycles. The first-order valence-electron chi connectivity index (χ1n) is 15.0. The quantitative estimate of drug-likeness (QED) is 0.118. The lowest BCUT2D eigenvalue weighted by Crippen LogP contribution is -2.20. The van der Waals surface area contributed by atoms with Gasteiger partial charge in [0.25, 0.3) is 5.91 Å². The molecule has 1 aromatic heterocycles. The number of ether oxygens (including phenoxy) is 1. The van der Waals surface area contributed by atoms with E-state index in [1.165, 1.54) is 41.8 Å². The number of anilines is 2. The van der Waals surface area contributed by atoms with Crippen LogP contribution in [-0.2, 0) is 22.4 Å². The molecule has 5 aromatic rings. The number of hydrogen-bond donors (Lipinski definition) is 2. The van der Waals surface area contributed by atoms with Gasteiger partial charge in [0.15, 0.2) is 0 Å². The minimum Gasteiger partial charge on any atom is -0.465 e. The highest BCUT2D eigenvalue weighted by Crippen LogP contribution is 2.44. The van der Waals surface area contributed by atoms with Gasteiger partial charge in [0, 0.05) is 20.5 Å². The number of carbonyl (C=O) groups excluding carboxylic acids is 3. The normalized spacial score (nSPS) is 14.5. The number of carbonyl (C=O) groups is 3. The summed E-state index contributed by atoms with van der Waals surface area (Å²) in [7, 11) is 1.36. The van der Waals surface area contributed by atoms with Gasteiger partial charge >= 0.3 is 5.97 Å². The van der Waals surface area contributed by atoms with Crippen molar-refractivity contribution in [2.45, 2.75) is 35.3 Å². The van der Waals surface area contributed by atoms with Crippen molar-refractivity contribution < 1.29 is 19.1 Å². The molecule has 2 atom stereocenters. The van der Waals surface area contributed by atoms with Crippen LogP contribution in [0.25, 0.3) is 0 Å². The van der Waals surface area contributed by atoms with Crippen LogP contribution < -0.4 is 10.6 Å². The third-order valence-corrected chi connectivity index (χ3v) is 11.0. The van der Waals surface area contributed by atoms with Gasteiger partial charge in [-0.15, -0.1) is 23.1 Å². The Morgan fingerprint density at radius 2 is 1.64 bits per heavy atom. The predicted octanol–water partition coefficient (Wildman–Crippen LogP) is 9.84. The van der Waals surface area contributed by atoms with Gasteiger partial charge in [-0.1, -0.05) is 89.9 Å². The van der Waals surface area contributed by atoms with Crippen LogP contribution in [0.15, 0.2) is 108 Å². The fourth-order valence-corrected chi connectivity index (χ4v) is 8.63. The number of thiophene rings is 1. The third kappa shape index (κ3) is 7.57. The molecule has 0 saturated carbocycles. The zero-order chi connectivity index (χ0) is 32.9. The minimum atomic E-state index is -0.658. The summed E-state index contributed by atoms with van der Waals surface area (Å²) in [4.78, 5) is 42.0. The number of amides is 2. The van der Waals surface area contributed by atoms with Crippen molar-refractivity contribution in [1.29, 1.82) is 0 Å². The van der Waals surface area contributed by atoms with Gasteiger partial charge in [-0.25, -0.2) is 4.79 Å². The van der Waals surface area contributed by atoms with E-state index in [0.717, 1.165) is 40.2 Å². The Morgan fingerprint density at radius 3 is 2.36 bits per heavy atom. The Hall–Kier alpha value is -4.08. The maximum Gasteiger partial charge on any atom is 0.341 e. The number of fused-ring (bicyclic) bond motifs is 1. The first-order valence-corrected chi connectivity index (χ1v) is 17.4. The molecular weight excluding hydrogens is 671 g/mol. The largest absolute Gasteiger partial charge is 0.465 e. The first kappa shape index (κ1) is 32.8. The summed E-state index contributed by atoms with van der Waals surface area (Å²) in [6, 6.07) is 31.8. The Morgan fingerprint density at radius 1 is 0.894 bits per heavy atom. The Kier molecular flexibility index (Phi) is 10.3. The number of methoxy groups -OCH3 is 1. The van der Waals surface area contributed by atoms with Gasteiger partial charge in [0.05, 0.1) is 23.3 Å². The SMILES string of the molecule is COC(=O)c1c(NC(=O)C(Sc2cccc(NC(=O)c3ccc(Cl)cc3Cl)c2)c2ccccc2)sc2c1CCC(c1ccccc1)C2. The summed E-state index contributed by atoms with van der Waals surface area (Å²) in [5.74, 6) is -0.763. The average molecular weight is 702 g/mol. The van der Waals surface area contributed by atoms with Crippen LogP contribution in [0.5, 0.6) is 0 Å². The number of halogens is 2. The molecule has 1 aliphatic rings. The Balaban J connectivity index is 1.25. The molecule has 238 valence electrons. The topological polar surface area (TPSA) is 84.5 Å². The summed E-state index contributed by atoms with van der Waals surface area (Å²) in [5.41, 5.74) is 4.30. The second kappa shape index (κ2) is 14.8. The molecule has 47 heavy (non-hydrogen) atoms. The van der Waals surface area contributed by atoms with Crippen LogP contribution in [0.2, 0.25) is 10.0 Å². The Labute approximate surface area is 291 Å². The Bertz CT molecular complexity index is 1930. The van der Waals surface area contributed by atoms with Gasteiger partial charge in [0.1, 0.15) is 10.3 Å². The number of esters is 1. The molecule has 2 unspecified atom stereocenters. The van der Waals surface area contributed by atoms with Crippen molar-refractivity contribution in [2.75, 3.05) is 17.7 Å². The van der Waals surface area contributed by atoms with E-state index in [4.69, 9.17) is 27.9 Å². The fourth-order valence-electron chi connectivity index (χ4n) is 5.74. The van der Waals surface area contributed by atoms with E-state index in [-0.39, 0.29) is 16.8 Å². The molecule has 2 N–H and O–H groups in total.